The molecule has 0 saturated carbocycles. The van der Waals surface area contributed by atoms with E-state index in [1.165, 1.54) is 12.1 Å². The van der Waals surface area contributed by atoms with Crippen LogP contribution in [0.2, 0.25) is 0 Å². The van der Waals surface area contributed by atoms with E-state index in [-0.39, 0.29) is 18.0 Å². The summed E-state index contributed by atoms with van der Waals surface area (Å²) >= 11 is 0. The Morgan fingerprint density at radius 3 is 2.40 bits per heavy atom. The third kappa shape index (κ3) is 5.47. The van der Waals surface area contributed by atoms with Gasteiger partial charge in [0.15, 0.2) is 0 Å². The molecule has 1 aromatic rings. The lowest BCUT2D eigenvalue weighted by Crippen LogP contribution is -2.49. The highest BCUT2D eigenvalue weighted by atomic mass is 19.1. The number of nitrogens with zero attached hydrogens (tertiary/aromatic N) is 1. The molecule has 1 atom stereocenters. The standard InChI is InChI=1S/C16H27FN2O/c1-13(2)18-16(3,12-20)10-5-11-19(4)15-8-6-14(17)7-9-15/h6-9,13,18,20H,5,10-12H2,1-4H3. The van der Waals surface area contributed by atoms with Gasteiger partial charge in [-0.1, -0.05) is 13.8 Å². The van der Waals surface area contributed by atoms with Crippen molar-refractivity contribution in [2.75, 3.05) is 25.1 Å². The minimum Gasteiger partial charge on any atom is -0.394 e. The average molecular weight is 282 g/mol. The normalized spacial score (nSPS) is 14.3. The monoisotopic (exact) mass is 282 g/mol. The first kappa shape index (κ1) is 16.9. The molecule has 1 aromatic carbocycles. The molecule has 2 N–H and O–H groups in total. The number of aliphatic hydroxyl groups is 1. The lowest BCUT2D eigenvalue weighted by molar-refractivity contribution is 0.155. The molecule has 0 fully saturated rings. The van der Waals surface area contributed by atoms with Gasteiger partial charge in [-0.05, 0) is 44.0 Å². The number of benzene rings is 1. The van der Waals surface area contributed by atoms with Crippen molar-refractivity contribution in [2.45, 2.75) is 45.2 Å². The third-order valence-corrected chi connectivity index (χ3v) is 3.48. The molecule has 0 aromatic heterocycles. The smallest absolute Gasteiger partial charge is 0.123 e. The summed E-state index contributed by atoms with van der Waals surface area (Å²) in [6.07, 6.45) is 1.86. The van der Waals surface area contributed by atoms with Gasteiger partial charge in [0.1, 0.15) is 5.82 Å². The molecule has 0 amide bonds. The summed E-state index contributed by atoms with van der Waals surface area (Å²) in [7, 11) is 2.00. The maximum absolute atomic E-state index is 12.9. The van der Waals surface area contributed by atoms with Crippen molar-refractivity contribution < 1.29 is 9.50 Å². The van der Waals surface area contributed by atoms with E-state index in [1.807, 2.05) is 14.0 Å². The van der Waals surface area contributed by atoms with Crippen molar-refractivity contribution in [3.8, 4) is 0 Å². The molecule has 1 unspecified atom stereocenters. The Bertz CT molecular complexity index is 394. The topological polar surface area (TPSA) is 35.5 Å². The molecule has 3 nitrogen and oxygen atoms in total. The molecule has 0 aliphatic heterocycles. The van der Waals surface area contributed by atoms with Gasteiger partial charge in [0, 0.05) is 30.9 Å². The van der Waals surface area contributed by atoms with Crippen LogP contribution in [-0.2, 0) is 0 Å². The van der Waals surface area contributed by atoms with E-state index in [1.54, 1.807) is 12.1 Å². The summed E-state index contributed by atoms with van der Waals surface area (Å²) in [5.41, 5.74) is 0.770. The van der Waals surface area contributed by atoms with Crippen LogP contribution in [-0.4, -0.2) is 36.9 Å². The van der Waals surface area contributed by atoms with Crippen LogP contribution in [0.15, 0.2) is 24.3 Å². The van der Waals surface area contributed by atoms with Crippen LogP contribution in [0.25, 0.3) is 0 Å². The lowest BCUT2D eigenvalue weighted by Gasteiger charge is -2.32. The van der Waals surface area contributed by atoms with E-state index in [9.17, 15) is 9.50 Å². The highest BCUT2D eigenvalue weighted by molar-refractivity contribution is 5.45. The molecule has 114 valence electrons. The number of halogens is 1. The van der Waals surface area contributed by atoms with Gasteiger partial charge in [0.05, 0.1) is 6.61 Å². The van der Waals surface area contributed by atoms with Gasteiger partial charge < -0.3 is 15.3 Å². The van der Waals surface area contributed by atoms with Crippen LogP contribution in [0.3, 0.4) is 0 Å². The Morgan fingerprint density at radius 2 is 1.90 bits per heavy atom. The van der Waals surface area contributed by atoms with Gasteiger partial charge in [0.25, 0.3) is 0 Å². The second-order valence-corrected chi connectivity index (χ2v) is 6.02. The maximum Gasteiger partial charge on any atom is 0.123 e. The predicted molar refractivity (Wildman–Crippen MR) is 82.7 cm³/mol. The summed E-state index contributed by atoms with van der Waals surface area (Å²) in [6.45, 7) is 7.22. The minimum absolute atomic E-state index is 0.130. The van der Waals surface area contributed by atoms with Crippen molar-refractivity contribution >= 4 is 5.69 Å². The van der Waals surface area contributed by atoms with Gasteiger partial charge in [0.2, 0.25) is 0 Å². The zero-order valence-corrected chi connectivity index (χ0v) is 13.0. The van der Waals surface area contributed by atoms with Crippen LogP contribution in [0, 0.1) is 5.82 Å². The van der Waals surface area contributed by atoms with E-state index in [2.05, 4.69) is 24.1 Å². The Labute approximate surface area is 121 Å². The molecule has 20 heavy (non-hydrogen) atoms. The van der Waals surface area contributed by atoms with Crippen LogP contribution < -0.4 is 10.2 Å². The fourth-order valence-corrected chi connectivity index (χ4v) is 2.42. The predicted octanol–water partition coefficient (Wildman–Crippen LogP) is 2.79. The summed E-state index contributed by atoms with van der Waals surface area (Å²) in [6, 6.07) is 6.87. The highest BCUT2D eigenvalue weighted by Gasteiger charge is 2.23. The lowest BCUT2D eigenvalue weighted by atomic mass is 9.95. The zero-order chi connectivity index (χ0) is 15.2. The first-order valence-corrected chi connectivity index (χ1v) is 7.21. The summed E-state index contributed by atoms with van der Waals surface area (Å²) in [4.78, 5) is 2.10. The molecule has 0 heterocycles. The fraction of sp³-hybridized carbons (Fsp3) is 0.625. The molecule has 0 bridgehead atoms. The third-order valence-electron chi connectivity index (χ3n) is 3.48. The van der Waals surface area contributed by atoms with Gasteiger partial charge in [-0.25, -0.2) is 4.39 Å². The number of anilines is 1. The quantitative estimate of drug-likeness (QED) is 0.769. The average Bonchev–Trinajstić information content (AvgIpc) is 2.38. The summed E-state index contributed by atoms with van der Waals surface area (Å²) < 4.78 is 12.9. The SMILES string of the molecule is CC(C)NC(C)(CO)CCCN(C)c1ccc(F)cc1. The van der Waals surface area contributed by atoms with Crippen LogP contribution in [0.4, 0.5) is 10.1 Å². The molecule has 0 radical (unpaired) electrons. The summed E-state index contributed by atoms with van der Waals surface area (Å²) in [5.74, 6) is -0.212. The highest BCUT2D eigenvalue weighted by Crippen LogP contribution is 2.17. The maximum atomic E-state index is 12.9. The molecular formula is C16H27FN2O. The second kappa shape index (κ2) is 7.60. The molecule has 0 aliphatic carbocycles. The Morgan fingerprint density at radius 1 is 1.30 bits per heavy atom. The molecule has 0 spiro atoms. The fourth-order valence-electron chi connectivity index (χ4n) is 2.42. The number of hydrogen-bond acceptors (Lipinski definition) is 3. The number of aliphatic hydroxyl groups excluding tert-OH is 1. The van der Waals surface area contributed by atoms with E-state index in [4.69, 9.17) is 0 Å². The van der Waals surface area contributed by atoms with Crippen LogP contribution >= 0.6 is 0 Å². The van der Waals surface area contributed by atoms with E-state index >= 15 is 0 Å². The zero-order valence-electron chi connectivity index (χ0n) is 13.0. The van der Waals surface area contributed by atoms with Crippen molar-refractivity contribution in [3.63, 3.8) is 0 Å². The Balaban J connectivity index is 2.44. The Kier molecular flexibility index (Phi) is 6.43. The molecule has 1 rings (SSSR count). The van der Waals surface area contributed by atoms with Gasteiger partial charge in [-0.15, -0.1) is 0 Å². The summed E-state index contributed by atoms with van der Waals surface area (Å²) in [5, 5.41) is 12.9. The van der Waals surface area contributed by atoms with E-state index < -0.39 is 0 Å². The first-order valence-electron chi connectivity index (χ1n) is 7.21. The van der Waals surface area contributed by atoms with Gasteiger partial charge in [-0.3, -0.25) is 0 Å². The van der Waals surface area contributed by atoms with Crippen LogP contribution in [0.5, 0.6) is 0 Å². The van der Waals surface area contributed by atoms with E-state index in [0.29, 0.717) is 6.04 Å². The minimum atomic E-state index is -0.238. The van der Waals surface area contributed by atoms with Crippen molar-refractivity contribution in [1.82, 2.24) is 5.32 Å². The number of hydrogen-bond donors (Lipinski definition) is 2. The molecule has 0 saturated heterocycles. The van der Waals surface area contributed by atoms with Gasteiger partial charge >= 0.3 is 0 Å². The van der Waals surface area contributed by atoms with E-state index in [0.717, 1.165) is 25.1 Å². The molecule has 4 heteroatoms. The first-order chi connectivity index (χ1) is 9.36. The second-order valence-electron chi connectivity index (χ2n) is 6.02. The number of rotatable bonds is 8. The Hall–Kier alpha value is -1.13. The molecule has 0 aliphatic rings. The molecular weight excluding hydrogens is 255 g/mol. The van der Waals surface area contributed by atoms with Crippen molar-refractivity contribution in [3.05, 3.63) is 30.1 Å². The van der Waals surface area contributed by atoms with Crippen LogP contribution in [0.1, 0.15) is 33.6 Å². The van der Waals surface area contributed by atoms with Crippen molar-refractivity contribution in [1.29, 1.82) is 0 Å². The van der Waals surface area contributed by atoms with Gasteiger partial charge in [-0.2, -0.15) is 0 Å². The van der Waals surface area contributed by atoms with Crippen molar-refractivity contribution in [2.24, 2.45) is 0 Å². The largest absolute Gasteiger partial charge is 0.394 e. The number of nitrogens with one attached hydrogen (secondary N) is 1.